The van der Waals surface area contributed by atoms with Crippen molar-refractivity contribution in [3.63, 3.8) is 0 Å². The minimum Gasteiger partial charge on any atom is -0.743 e. The molecule has 0 amide bonds. The zero-order valence-corrected chi connectivity index (χ0v) is 16.5. The van der Waals surface area contributed by atoms with Crippen LogP contribution in [0.4, 0.5) is 17.6 Å². The molecular weight excluding hydrogens is 408 g/mol. The Hall–Kier alpha value is -1.20. The van der Waals surface area contributed by atoms with E-state index < -0.39 is 45.7 Å². The van der Waals surface area contributed by atoms with Crippen molar-refractivity contribution in [3.05, 3.63) is 12.2 Å². The first-order valence-corrected chi connectivity index (χ1v) is 10.4. The number of carbonyl (C=O) groups is 1. The average Bonchev–Trinajstić information content (AvgIpc) is 3.05. The summed E-state index contributed by atoms with van der Waals surface area (Å²) in [6.07, 6.45) is 2.09. The van der Waals surface area contributed by atoms with Gasteiger partial charge in [0.2, 0.25) is 0 Å². The van der Waals surface area contributed by atoms with Crippen LogP contribution in [0.3, 0.4) is 0 Å². The van der Waals surface area contributed by atoms with Crippen LogP contribution in [0.5, 0.6) is 0 Å². The molecule has 1 saturated carbocycles. The fourth-order valence-corrected chi connectivity index (χ4v) is 3.42. The Morgan fingerprint density at radius 3 is 2.25 bits per heavy atom. The molecule has 0 unspecified atom stereocenters. The Bertz CT molecular complexity index is 657. The first kappa shape index (κ1) is 24.8. The molecule has 1 fully saturated rings. The number of hydrogen-bond acceptors (Lipinski definition) is 6. The van der Waals surface area contributed by atoms with Crippen LogP contribution in [0, 0.1) is 0 Å². The second-order valence-electron chi connectivity index (χ2n) is 6.92. The molecule has 0 aromatic heterocycles. The summed E-state index contributed by atoms with van der Waals surface area (Å²) < 4.78 is 93.9. The molecule has 0 aliphatic heterocycles. The summed E-state index contributed by atoms with van der Waals surface area (Å²) in [6.45, 7) is 5.13. The Morgan fingerprint density at radius 1 is 1.18 bits per heavy atom. The summed E-state index contributed by atoms with van der Waals surface area (Å²) >= 11 is 0. The summed E-state index contributed by atoms with van der Waals surface area (Å²) in [5.74, 6) is -5.58. The molecule has 0 heterocycles. The summed E-state index contributed by atoms with van der Waals surface area (Å²) in [5, 5.41) is -5.67. The quantitative estimate of drug-likeness (QED) is 0.153. The number of alkyl halides is 4. The highest BCUT2D eigenvalue weighted by atomic mass is 32.2. The molecule has 0 N–H and O–H groups in total. The van der Waals surface area contributed by atoms with Crippen molar-refractivity contribution < 1.29 is 44.8 Å². The van der Waals surface area contributed by atoms with Gasteiger partial charge in [-0.25, -0.2) is 13.2 Å². The lowest BCUT2D eigenvalue weighted by molar-refractivity contribution is -0.165. The van der Waals surface area contributed by atoms with Crippen LogP contribution in [0.2, 0.25) is 0 Å². The zero-order chi connectivity index (χ0) is 21.6. The Labute approximate surface area is 162 Å². The third-order valence-electron chi connectivity index (χ3n) is 4.80. The highest BCUT2D eigenvalue weighted by molar-refractivity contribution is 7.86. The van der Waals surface area contributed by atoms with Gasteiger partial charge in [-0.1, -0.05) is 13.5 Å². The monoisotopic (exact) mass is 433 g/mol. The van der Waals surface area contributed by atoms with E-state index in [0.29, 0.717) is 6.42 Å². The highest BCUT2D eigenvalue weighted by Gasteiger charge is 2.60. The van der Waals surface area contributed by atoms with Crippen molar-refractivity contribution in [2.75, 3.05) is 13.2 Å². The first-order valence-electron chi connectivity index (χ1n) is 8.98. The van der Waals surface area contributed by atoms with Gasteiger partial charge in [0.05, 0.1) is 12.2 Å². The molecule has 6 nitrogen and oxygen atoms in total. The third-order valence-corrected chi connectivity index (χ3v) is 5.73. The van der Waals surface area contributed by atoms with Gasteiger partial charge in [0, 0.05) is 13.0 Å². The van der Waals surface area contributed by atoms with E-state index in [1.54, 1.807) is 0 Å². The number of carbonyl (C=O) groups excluding carboxylic acids is 1. The van der Waals surface area contributed by atoms with Crippen LogP contribution in [-0.2, 0) is 24.4 Å². The van der Waals surface area contributed by atoms with Crippen molar-refractivity contribution in [1.82, 2.24) is 0 Å². The Kier molecular flexibility index (Phi) is 8.46. The van der Waals surface area contributed by atoms with Crippen molar-refractivity contribution in [2.24, 2.45) is 0 Å². The van der Waals surface area contributed by atoms with Gasteiger partial charge >= 0.3 is 17.1 Å². The number of hydrogen-bond donors (Lipinski definition) is 0. The minimum atomic E-state index is -6.47. The lowest BCUT2D eigenvalue weighted by Crippen LogP contribution is -2.46. The molecule has 28 heavy (non-hydrogen) atoms. The molecule has 11 heteroatoms. The molecule has 1 aliphatic carbocycles. The number of esters is 1. The molecular formula is C17H25F4O6S-. The summed E-state index contributed by atoms with van der Waals surface area (Å²) in [7, 11) is -6.47. The fourth-order valence-electron chi connectivity index (χ4n) is 2.95. The zero-order valence-electron chi connectivity index (χ0n) is 15.6. The Morgan fingerprint density at radius 2 is 1.75 bits per heavy atom. The smallest absolute Gasteiger partial charge is 0.396 e. The van der Waals surface area contributed by atoms with E-state index in [1.807, 2.05) is 6.92 Å². The molecule has 0 saturated heterocycles. The molecule has 1 rings (SSSR count). The summed E-state index contributed by atoms with van der Waals surface area (Å²) in [6, 6.07) is 0. The molecule has 164 valence electrons. The maximum atomic E-state index is 13.3. The van der Waals surface area contributed by atoms with E-state index in [1.165, 1.54) is 0 Å². The largest absolute Gasteiger partial charge is 0.743 e. The van der Waals surface area contributed by atoms with Crippen LogP contribution in [0.15, 0.2) is 12.2 Å². The third kappa shape index (κ3) is 6.15. The Balaban J connectivity index is 2.32. The van der Waals surface area contributed by atoms with Gasteiger partial charge in [0.15, 0.2) is 10.1 Å². The molecule has 0 atom stereocenters. The standard InChI is InChI=1S/C17H26F4O6S/c1-3-15(8-4-5-9-15)27-14(22)13(2)12-26-11-7-6-10-16(18,19)17(20,21)28(23,24)25/h2-12H2,1H3,(H,23,24,25)/p-1. The molecule has 0 aromatic rings. The number of ether oxygens (including phenoxy) is 2. The van der Waals surface area contributed by atoms with Crippen LogP contribution < -0.4 is 0 Å². The van der Waals surface area contributed by atoms with Crippen molar-refractivity contribution in [1.29, 1.82) is 0 Å². The van der Waals surface area contributed by atoms with Gasteiger partial charge in [-0.15, -0.1) is 0 Å². The normalized spacial score (nSPS) is 17.5. The minimum absolute atomic E-state index is 0.0500. The second kappa shape index (κ2) is 9.53. The predicted molar refractivity (Wildman–Crippen MR) is 91.0 cm³/mol. The van der Waals surface area contributed by atoms with E-state index in [4.69, 9.17) is 9.47 Å². The average molecular weight is 433 g/mol. The number of rotatable bonds is 12. The molecule has 1 aliphatic rings. The van der Waals surface area contributed by atoms with Crippen molar-refractivity contribution >= 4 is 16.1 Å². The maximum absolute atomic E-state index is 13.3. The maximum Gasteiger partial charge on any atom is 0.396 e. The van der Waals surface area contributed by atoms with Gasteiger partial charge in [-0.2, -0.15) is 17.6 Å². The van der Waals surface area contributed by atoms with Gasteiger partial charge < -0.3 is 14.0 Å². The molecule has 0 radical (unpaired) electrons. The second-order valence-corrected chi connectivity index (χ2v) is 8.34. The van der Waals surface area contributed by atoms with E-state index >= 15 is 0 Å². The van der Waals surface area contributed by atoms with Gasteiger partial charge in [-0.3, -0.25) is 0 Å². The molecule has 0 spiro atoms. The molecule has 0 aromatic carbocycles. The van der Waals surface area contributed by atoms with Crippen LogP contribution in [0.25, 0.3) is 0 Å². The highest BCUT2D eigenvalue weighted by Crippen LogP contribution is 2.41. The van der Waals surface area contributed by atoms with Crippen molar-refractivity contribution in [2.45, 2.75) is 75.1 Å². The van der Waals surface area contributed by atoms with Gasteiger partial charge in [0.1, 0.15) is 5.60 Å². The van der Waals surface area contributed by atoms with Crippen molar-refractivity contribution in [3.8, 4) is 0 Å². The predicted octanol–water partition coefficient (Wildman–Crippen LogP) is 3.77. The van der Waals surface area contributed by atoms with Crippen LogP contribution in [-0.4, -0.2) is 48.9 Å². The van der Waals surface area contributed by atoms with Gasteiger partial charge in [0.25, 0.3) is 0 Å². The van der Waals surface area contributed by atoms with Crippen LogP contribution >= 0.6 is 0 Å². The van der Waals surface area contributed by atoms with Gasteiger partial charge in [-0.05, 0) is 44.9 Å². The summed E-state index contributed by atoms with van der Waals surface area (Å²) in [4.78, 5) is 12.0. The lowest BCUT2D eigenvalue weighted by Gasteiger charge is -2.28. The van der Waals surface area contributed by atoms with Crippen LogP contribution in [0.1, 0.15) is 58.3 Å². The first-order chi connectivity index (χ1) is 12.8. The van der Waals surface area contributed by atoms with E-state index in [-0.39, 0.29) is 25.2 Å². The van der Waals surface area contributed by atoms with E-state index in [0.717, 1.165) is 25.7 Å². The fraction of sp³-hybridized carbons (Fsp3) is 0.824. The molecule has 0 bridgehead atoms. The topological polar surface area (TPSA) is 92.7 Å². The van der Waals surface area contributed by atoms with E-state index in [9.17, 15) is 35.3 Å². The number of halogens is 4. The van der Waals surface area contributed by atoms with E-state index in [2.05, 4.69) is 6.58 Å². The SMILES string of the molecule is C=C(COCCCCC(F)(F)C(F)(F)S(=O)(=O)[O-])C(=O)OC1(CC)CCCC1. The summed E-state index contributed by atoms with van der Waals surface area (Å²) in [5.41, 5.74) is -0.437. The number of unbranched alkanes of at least 4 members (excludes halogenated alkanes) is 1. The lowest BCUT2D eigenvalue weighted by atomic mass is 9.99.